The van der Waals surface area contributed by atoms with Gasteiger partial charge in [0.1, 0.15) is 0 Å². The van der Waals surface area contributed by atoms with E-state index in [2.05, 4.69) is 5.32 Å². The van der Waals surface area contributed by atoms with Crippen molar-refractivity contribution in [3.05, 3.63) is 58.1 Å². The maximum Gasteiger partial charge on any atom is 0.257 e. The van der Waals surface area contributed by atoms with E-state index in [9.17, 15) is 13.6 Å². The third-order valence-corrected chi connectivity index (χ3v) is 3.01. The van der Waals surface area contributed by atoms with Gasteiger partial charge in [-0.05, 0) is 36.8 Å². The Morgan fingerprint density at radius 2 is 1.85 bits per heavy atom. The molecular formula is C14H11ClF2N2O. The van der Waals surface area contributed by atoms with Crippen molar-refractivity contribution in [2.75, 3.05) is 11.1 Å². The van der Waals surface area contributed by atoms with Crippen LogP contribution in [0.2, 0.25) is 5.02 Å². The van der Waals surface area contributed by atoms with Crippen LogP contribution in [0.3, 0.4) is 0 Å². The van der Waals surface area contributed by atoms with E-state index in [1.54, 1.807) is 25.1 Å². The van der Waals surface area contributed by atoms with Crippen LogP contribution in [0.1, 0.15) is 15.9 Å². The van der Waals surface area contributed by atoms with Gasteiger partial charge < -0.3 is 11.1 Å². The van der Waals surface area contributed by atoms with Crippen LogP contribution in [0.4, 0.5) is 20.2 Å². The second-order valence-electron chi connectivity index (χ2n) is 4.27. The molecule has 0 bridgehead atoms. The number of benzene rings is 2. The summed E-state index contributed by atoms with van der Waals surface area (Å²) >= 11 is 5.81. The van der Waals surface area contributed by atoms with E-state index >= 15 is 0 Å². The highest BCUT2D eigenvalue weighted by atomic mass is 35.5. The summed E-state index contributed by atoms with van der Waals surface area (Å²) in [7, 11) is 0. The second kappa shape index (κ2) is 5.46. The summed E-state index contributed by atoms with van der Waals surface area (Å²) in [5.41, 5.74) is 6.52. The van der Waals surface area contributed by atoms with E-state index in [4.69, 9.17) is 17.3 Å². The van der Waals surface area contributed by atoms with Crippen LogP contribution < -0.4 is 11.1 Å². The molecule has 20 heavy (non-hydrogen) atoms. The van der Waals surface area contributed by atoms with Gasteiger partial charge in [0.25, 0.3) is 5.91 Å². The van der Waals surface area contributed by atoms with Gasteiger partial charge in [0.15, 0.2) is 11.6 Å². The molecule has 0 aliphatic carbocycles. The number of nitrogens with one attached hydrogen (secondary N) is 1. The Morgan fingerprint density at radius 1 is 1.20 bits per heavy atom. The molecule has 3 nitrogen and oxygen atoms in total. The molecule has 0 fully saturated rings. The number of carbonyl (C=O) groups is 1. The van der Waals surface area contributed by atoms with Crippen molar-refractivity contribution in [1.82, 2.24) is 0 Å². The topological polar surface area (TPSA) is 55.1 Å². The van der Waals surface area contributed by atoms with E-state index in [0.717, 1.165) is 17.7 Å². The van der Waals surface area contributed by atoms with Crippen LogP contribution in [-0.4, -0.2) is 5.91 Å². The first kappa shape index (κ1) is 14.3. The normalized spacial score (nSPS) is 10.4. The molecule has 3 N–H and O–H groups in total. The highest BCUT2D eigenvalue weighted by Crippen LogP contribution is 2.22. The van der Waals surface area contributed by atoms with Gasteiger partial charge in [0.05, 0.1) is 5.56 Å². The molecule has 0 atom stereocenters. The lowest BCUT2D eigenvalue weighted by atomic mass is 10.1. The quantitative estimate of drug-likeness (QED) is 0.829. The molecule has 0 heterocycles. The number of rotatable bonds is 2. The maximum absolute atomic E-state index is 13.2. The van der Waals surface area contributed by atoms with Crippen LogP contribution >= 0.6 is 11.6 Å². The molecule has 1 amide bonds. The molecule has 0 aliphatic rings. The monoisotopic (exact) mass is 296 g/mol. The molecule has 2 aromatic rings. The van der Waals surface area contributed by atoms with Crippen LogP contribution in [0.25, 0.3) is 0 Å². The first-order valence-corrected chi connectivity index (χ1v) is 6.08. The number of anilines is 2. The van der Waals surface area contributed by atoms with E-state index in [1.165, 1.54) is 0 Å². The lowest BCUT2D eigenvalue weighted by molar-refractivity contribution is 0.102. The molecule has 0 saturated heterocycles. The fourth-order valence-corrected chi connectivity index (χ4v) is 1.94. The van der Waals surface area contributed by atoms with Gasteiger partial charge in [-0.2, -0.15) is 0 Å². The molecule has 0 unspecified atom stereocenters. The van der Waals surface area contributed by atoms with Gasteiger partial charge in [-0.25, -0.2) is 8.78 Å². The van der Waals surface area contributed by atoms with Gasteiger partial charge >= 0.3 is 0 Å². The van der Waals surface area contributed by atoms with E-state index in [1.807, 2.05) is 0 Å². The molecule has 2 aromatic carbocycles. The van der Waals surface area contributed by atoms with Crippen molar-refractivity contribution in [1.29, 1.82) is 0 Å². The molecule has 0 radical (unpaired) electrons. The molecule has 0 saturated carbocycles. The second-order valence-corrected chi connectivity index (χ2v) is 4.70. The Kier molecular flexibility index (Phi) is 3.90. The molecule has 0 spiro atoms. The van der Waals surface area contributed by atoms with Crippen molar-refractivity contribution in [3.8, 4) is 0 Å². The van der Waals surface area contributed by atoms with Crippen LogP contribution in [0.15, 0.2) is 30.3 Å². The standard InChI is InChI=1S/C14H11ClF2N2O/c1-7-4-8(15)2-3-13(7)19-14(20)9-5-10(16)11(17)6-12(9)18/h2-6H,18H2,1H3,(H,19,20). The summed E-state index contributed by atoms with van der Waals surface area (Å²) in [5.74, 6) is -2.84. The summed E-state index contributed by atoms with van der Waals surface area (Å²) in [6, 6.07) is 6.44. The molecule has 0 aromatic heterocycles. The zero-order valence-corrected chi connectivity index (χ0v) is 11.3. The van der Waals surface area contributed by atoms with Gasteiger partial charge in [0, 0.05) is 22.5 Å². The lowest BCUT2D eigenvalue weighted by Gasteiger charge is -2.10. The summed E-state index contributed by atoms with van der Waals surface area (Å²) < 4.78 is 26.1. The number of nitrogens with two attached hydrogens (primary N) is 1. The van der Waals surface area contributed by atoms with Gasteiger partial charge in [-0.15, -0.1) is 0 Å². The predicted octanol–water partition coefficient (Wildman–Crippen LogP) is 3.76. The predicted molar refractivity (Wildman–Crippen MR) is 74.9 cm³/mol. The fraction of sp³-hybridized carbons (Fsp3) is 0.0714. The SMILES string of the molecule is Cc1cc(Cl)ccc1NC(=O)c1cc(F)c(F)cc1N. The first-order valence-electron chi connectivity index (χ1n) is 5.70. The Hall–Kier alpha value is -2.14. The largest absolute Gasteiger partial charge is 0.398 e. The van der Waals surface area contributed by atoms with E-state index in [-0.39, 0.29) is 11.3 Å². The zero-order chi connectivity index (χ0) is 14.9. The number of halogens is 3. The Balaban J connectivity index is 2.31. The Morgan fingerprint density at radius 3 is 2.50 bits per heavy atom. The summed E-state index contributed by atoms with van der Waals surface area (Å²) in [6.45, 7) is 1.76. The maximum atomic E-state index is 13.2. The van der Waals surface area contributed by atoms with Crippen LogP contribution in [-0.2, 0) is 0 Å². The number of carbonyl (C=O) groups excluding carboxylic acids is 1. The van der Waals surface area contributed by atoms with Crippen molar-refractivity contribution in [2.24, 2.45) is 0 Å². The zero-order valence-electron chi connectivity index (χ0n) is 10.5. The van der Waals surface area contributed by atoms with Gasteiger partial charge in [-0.3, -0.25) is 4.79 Å². The van der Waals surface area contributed by atoms with Gasteiger partial charge in [-0.1, -0.05) is 11.6 Å². The van der Waals surface area contributed by atoms with E-state index < -0.39 is 17.5 Å². The molecule has 104 valence electrons. The highest BCUT2D eigenvalue weighted by Gasteiger charge is 2.15. The third kappa shape index (κ3) is 2.88. The van der Waals surface area contributed by atoms with Crippen molar-refractivity contribution >= 4 is 28.9 Å². The minimum atomic E-state index is -1.13. The van der Waals surface area contributed by atoms with Crippen molar-refractivity contribution < 1.29 is 13.6 Å². The molecule has 0 aliphatic heterocycles. The van der Waals surface area contributed by atoms with Gasteiger partial charge in [0.2, 0.25) is 0 Å². The average Bonchev–Trinajstić information content (AvgIpc) is 2.37. The average molecular weight is 297 g/mol. The minimum absolute atomic E-state index is 0.127. The number of amides is 1. The highest BCUT2D eigenvalue weighted by molar-refractivity contribution is 6.30. The van der Waals surface area contributed by atoms with Crippen molar-refractivity contribution in [2.45, 2.75) is 6.92 Å². The smallest absolute Gasteiger partial charge is 0.257 e. The summed E-state index contributed by atoms with van der Waals surface area (Å²) in [5, 5.41) is 3.11. The third-order valence-electron chi connectivity index (χ3n) is 2.77. The van der Waals surface area contributed by atoms with Crippen LogP contribution in [0.5, 0.6) is 0 Å². The molecule has 2 rings (SSSR count). The van der Waals surface area contributed by atoms with E-state index in [0.29, 0.717) is 10.7 Å². The van der Waals surface area contributed by atoms with Crippen molar-refractivity contribution in [3.63, 3.8) is 0 Å². The Labute approximate surface area is 119 Å². The first-order chi connectivity index (χ1) is 9.38. The number of hydrogen-bond acceptors (Lipinski definition) is 2. The summed E-state index contributed by atoms with van der Waals surface area (Å²) in [4.78, 5) is 12.0. The Bertz CT molecular complexity index is 689. The minimum Gasteiger partial charge on any atom is -0.398 e. The molecule has 6 heteroatoms. The number of nitrogen functional groups attached to an aromatic ring is 1. The summed E-state index contributed by atoms with van der Waals surface area (Å²) in [6.07, 6.45) is 0. The molecular weight excluding hydrogens is 286 g/mol. The fourth-order valence-electron chi connectivity index (χ4n) is 1.72. The lowest BCUT2D eigenvalue weighted by Crippen LogP contribution is -2.15. The number of aryl methyl sites for hydroxylation is 1. The van der Waals surface area contributed by atoms with Crippen LogP contribution in [0, 0.1) is 18.6 Å². The number of hydrogen-bond donors (Lipinski definition) is 2.